The van der Waals surface area contributed by atoms with Crippen LogP contribution in [0.15, 0.2) is 0 Å². The van der Waals surface area contributed by atoms with Crippen molar-refractivity contribution in [3.8, 4) is 0 Å². The summed E-state index contributed by atoms with van der Waals surface area (Å²) < 4.78 is 9.97. The molecule has 4 N–H and O–H groups in total. The highest BCUT2D eigenvalue weighted by Crippen LogP contribution is 1.86. The minimum absolute atomic E-state index is 0.272. The Morgan fingerprint density at radius 3 is 2.30 bits per heavy atom. The van der Waals surface area contributed by atoms with Crippen molar-refractivity contribution in [3.05, 3.63) is 0 Å². The van der Waals surface area contributed by atoms with Crippen molar-refractivity contribution < 1.29 is 9.47 Å². The molecule has 4 heteroatoms. The Kier molecular flexibility index (Phi) is 5.52. The zero-order valence-electron chi connectivity index (χ0n) is 6.54. The van der Waals surface area contributed by atoms with Crippen molar-refractivity contribution in [1.82, 2.24) is 0 Å². The van der Waals surface area contributed by atoms with Crippen LogP contribution < -0.4 is 11.5 Å². The molecule has 0 amide bonds. The van der Waals surface area contributed by atoms with Crippen LogP contribution in [0.4, 0.5) is 0 Å². The average Bonchev–Trinajstić information content (AvgIpc) is 1.85. The molecule has 0 aromatic heterocycles. The molecule has 10 heavy (non-hydrogen) atoms. The van der Waals surface area contributed by atoms with Crippen molar-refractivity contribution >= 4 is 0 Å². The molecule has 0 radical (unpaired) electrons. The van der Waals surface area contributed by atoms with Crippen LogP contribution in [-0.4, -0.2) is 25.7 Å². The zero-order chi connectivity index (χ0) is 7.98. The van der Waals surface area contributed by atoms with E-state index in [0.29, 0.717) is 13.2 Å². The highest BCUT2D eigenvalue weighted by molar-refractivity contribution is 4.44. The lowest BCUT2D eigenvalue weighted by atomic mass is 10.6. The quantitative estimate of drug-likeness (QED) is 0.522. The second-order valence-corrected chi connectivity index (χ2v) is 2.03. The molecule has 0 fully saturated rings. The van der Waals surface area contributed by atoms with Gasteiger partial charge in [0.2, 0.25) is 0 Å². The monoisotopic (exact) mass is 148 g/mol. The van der Waals surface area contributed by atoms with Crippen LogP contribution in [0.2, 0.25) is 0 Å². The second-order valence-electron chi connectivity index (χ2n) is 2.03. The minimum Gasteiger partial charge on any atom is -0.361 e. The van der Waals surface area contributed by atoms with E-state index in [1.807, 2.05) is 6.92 Å². The van der Waals surface area contributed by atoms with Gasteiger partial charge in [-0.15, -0.1) is 0 Å². The molecule has 2 atom stereocenters. The summed E-state index contributed by atoms with van der Waals surface area (Å²) in [4.78, 5) is 0. The van der Waals surface area contributed by atoms with E-state index >= 15 is 0 Å². The van der Waals surface area contributed by atoms with Gasteiger partial charge in [-0.2, -0.15) is 0 Å². The van der Waals surface area contributed by atoms with Gasteiger partial charge in [-0.3, -0.25) is 0 Å². The van der Waals surface area contributed by atoms with Gasteiger partial charge in [0.1, 0.15) is 12.5 Å². The first-order chi connectivity index (χ1) is 4.66. The van der Waals surface area contributed by atoms with E-state index in [1.54, 1.807) is 6.92 Å². The molecule has 0 aromatic carbocycles. The first-order valence-electron chi connectivity index (χ1n) is 3.41. The highest BCUT2D eigenvalue weighted by Gasteiger charge is 2.01. The van der Waals surface area contributed by atoms with E-state index < -0.39 is 0 Å². The third kappa shape index (κ3) is 5.97. The lowest BCUT2D eigenvalue weighted by Crippen LogP contribution is -2.33. The molecule has 0 saturated heterocycles. The molecule has 0 spiro atoms. The topological polar surface area (TPSA) is 70.5 Å². The molecule has 0 heterocycles. The molecule has 0 aliphatic heterocycles. The average molecular weight is 148 g/mol. The first-order valence-corrected chi connectivity index (χ1v) is 3.41. The van der Waals surface area contributed by atoms with E-state index in [1.165, 1.54) is 0 Å². The van der Waals surface area contributed by atoms with Gasteiger partial charge < -0.3 is 20.9 Å². The summed E-state index contributed by atoms with van der Waals surface area (Å²) in [7, 11) is 0. The van der Waals surface area contributed by atoms with Gasteiger partial charge >= 0.3 is 0 Å². The van der Waals surface area contributed by atoms with Gasteiger partial charge in [-0.05, 0) is 13.8 Å². The summed E-state index contributed by atoms with van der Waals surface area (Å²) in [6.45, 7) is 4.58. The lowest BCUT2D eigenvalue weighted by molar-refractivity contribution is -0.0311. The van der Waals surface area contributed by atoms with E-state index in [4.69, 9.17) is 20.9 Å². The largest absolute Gasteiger partial charge is 0.361 e. The molecule has 2 unspecified atom stereocenters. The standard InChI is InChI=1S/C6H16N2O2/c1-3-9-6(8)4-10-5(2)7/h5-6H,3-4,7-8H2,1-2H3. The molecule has 0 aromatic rings. The van der Waals surface area contributed by atoms with Crippen LogP contribution >= 0.6 is 0 Å². The fourth-order valence-corrected chi connectivity index (χ4v) is 0.509. The predicted octanol–water partition coefficient (Wildman–Crippen LogP) is -0.371. The maximum absolute atomic E-state index is 5.43. The van der Waals surface area contributed by atoms with Crippen LogP contribution in [0.1, 0.15) is 13.8 Å². The van der Waals surface area contributed by atoms with Gasteiger partial charge in [0.15, 0.2) is 0 Å². The van der Waals surface area contributed by atoms with E-state index in [0.717, 1.165) is 0 Å². The minimum atomic E-state index is -0.351. The van der Waals surface area contributed by atoms with Gasteiger partial charge in [-0.1, -0.05) is 0 Å². The molecule has 62 valence electrons. The Bertz CT molecular complexity index is 78.1. The van der Waals surface area contributed by atoms with Crippen LogP contribution in [-0.2, 0) is 9.47 Å². The Morgan fingerprint density at radius 2 is 1.90 bits per heavy atom. The van der Waals surface area contributed by atoms with Gasteiger partial charge in [0, 0.05) is 6.61 Å². The van der Waals surface area contributed by atoms with Crippen LogP contribution in [0.3, 0.4) is 0 Å². The predicted molar refractivity (Wildman–Crippen MR) is 39.2 cm³/mol. The van der Waals surface area contributed by atoms with E-state index in [2.05, 4.69) is 0 Å². The normalized spacial score (nSPS) is 16.8. The summed E-state index contributed by atoms with van der Waals surface area (Å²) in [5.41, 5.74) is 10.7. The first kappa shape index (κ1) is 9.84. The summed E-state index contributed by atoms with van der Waals surface area (Å²) >= 11 is 0. The van der Waals surface area contributed by atoms with Gasteiger partial charge in [0.25, 0.3) is 0 Å². The van der Waals surface area contributed by atoms with Crippen molar-refractivity contribution in [1.29, 1.82) is 0 Å². The molecule has 0 rings (SSSR count). The van der Waals surface area contributed by atoms with Crippen molar-refractivity contribution in [2.75, 3.05) is 13.2 Å². The van der Waals surface area contributed by atoms with Crippen molar-refractivity contribution in [2.24, 2.45) is 11.5 Å². The van der Waals surface area contributed by atoms with Crippen LogP contribution in [0.5, 0.6) is 0 Å². The van der Waals surface area contributed by atoms with Crippen LogP contribution in [0, 0.1) is 0 Å². The summed E-state index contributed by atoms with van der Waals surface area (Å²) in [6, 6.07) is 0. The summed E-state index contributed by atoms with van der Waals surface area (Å²) in [5, 5.41) is 0. The second kappa shape index (κ2) is 5.61. The third-order valence-corrected chi connectivity index (χ3v) is 0.904. The molecule has 0 saturated carbocycles. The number of ether oxygens (including phenoxy) is 2. The molecular weight excluding hydrogens is 132 g/mol. The van der Waals surface area contributed by atoms with Crippen LogP contribution in [0.25, 0.3) is 0 Å². The Balaban J connectivity index is 3.12. The molecule has 0 bridgehead atoms. The number of rotatable bonds is 5. The smallest absolute Gasteiger partial charge is 0.129 e. The van der Waals surface area contributed by atoms with Crippen molar-refractivity contribution in [2.45, 2.75) is 26.3 Å². The van der Waals surface area contributed by atoms with E-state index in [-0.39, 0.29) is 12.5 Å². The third-order valence-electron chi connectivity index (χ3n) is 0.904. The SMILES string of the molecule is CCOC(N)COC(C)N. The fourth-order valence-electron chi connectivity index (χ4n) is 0.509. The van der Waals surface area contributed by atoms with Crippen molar-refractivity contribution in [3.63, 3.8) is 0 Å². The fraction of sp³-hybridized carbons (Fsp3) is 1.00. The maximum atomic E-state index is 5.43. The molecule has 0 aliphatic rings. The zero-order valence-corrected chi connectivity index (χ0v) is 6.54. The lowest BCUT2D eigenvalue weighted by Gasteiger charge is -2.13. The number of hydrogen-bond acceptors (Lipinski definition) is 4. The van der Waals surface area contributed by atoms with E-state index in [9.17, 15) is 0 Å². The Labute approximate surface area is 61.5 Å². The highest BCUT2D eigenvalue weighted by atomic mass is 16.5. The van der Waals surface area contributed by atoms with Gasteiger partial charge in [0.05, 0.1) is 6.61 Å². The number of hydrogen-bond donors (Lipinski definition) is 2. The number of nitrogens with two attached hydrogens (primary N) is 2. The Morgan fingerprint density at radius 1 is 1.30 bits per heavy atom. The Hall–Kier alpha value is -0.160. The maximum Gasteiger partial charge on any atom is 0.129 e. The van der Waals surface area contributed by atoms with Gasteiger partial charge in [-0.25, -0.2) is 0 Å². The molecule has 0 aliphatic carbocycles. The molecular formula is C6H16N2O2. The summed E-state index contributed by atoms with van der Waals surface area (Å²) in [6.07, 6.45) is -0.623. The summed E-state index contributed by atoms with van der Waals surface area (Å²) in [5.74, 6) is 0. The molecule has 4 nitrogen and oxygen atoms in total.